The summed E-state index contributed by atoms with van der Waals surface area (Å²) in [7, 11) is 0. The number of hydrogen-bond acceptors (Lipinski definition) is 4. The van der Waals surface area contributed by atoms with Crippen LogP contribution in [0.3, 0.4) is 0 Å². The van der Waals surface area contributed by atoms with Crippen molar-refractivity contribution in [2.24, 2.45) is 5.92 Å². The predicted molar refractivity (Wildman–Crippen MR) is 116 cm³/mol. The molecule has 1 aliphatic heterocycles. The third-order valence-corrected chi connectivity index (χ3v) is 7.40. The molecule has 3 aliphatic carbocycles. The van der Waals surface area contributed by atoms with E-state index in [2.05, 4.69) is 22.5 Å². The Morgan fingerprint density at radius 1 is 1.13 bits per heavy atom. The van der Waals surface area contributed by atoms with E-state index in [4.69, 9.17) is 0 Å². The molecule has 4 fully saturated rings. The van der Waals surface area contributed by atoms with Crippen molar-refractivity contribution in [1.29, 1.82) is 0 Å². The molecular formula is C24H32N4O3. The predicted octanol–water partition coefficient (Wildman–Crippen LogP) is 3.00. The van der Waals surface area contributed by atoms with Gasteiger partial charge in [-0.3, -0.25) is 14.5 Å². The average Bonchev–Trinajstić information content (AvgIpc) is 3.67. The lowest BCUT2D eigenvalue weighted by Gasteiger charge is -2.37. The summed E-state index contributed by atoms with van der Waals surface area (Å²) >= 11 is 0. The third kappa shape index (κ3) is 4.07. The first-order chi connectivity index (χ1) is 15.0. The van der Waals surface area contributed by atoms with Crippen LogP contribution in [0.1, 0.15) is 74.2 Å². The maximum atomic E-state index is 13.3. The Morgan fingerprint density at radius 3 is 2.52 bits per heavy atom. The van der Waals surface area contributed by atoms with Gasteiger partial charge in [-0.15, -0.1) is 0 Å². The summed E-state index contributed by atoms with van der Waals surface area (Å²) in [5.41, 5.74) is 1.06. The Bertz CT molecular complexity index is 877. The molecule has 1 spiro atoms. The molecule has 0 radical (unpaired) electrons. The van der Waals surface area contributed by atoms with Crippen molar-refractivity contribution in [3.05, 3.63) is 35.4 Å². The Morgan fingerprint density at radius 2 is 1.87 bits per heavy atom. The van der Waals surface area contributed by atoms with Crippen LogP contribution in [-0.2, 0) is 11.3 Å². The summed E-state index contributed by atoms with van der Waals surface area (Å²) < 4.78 is 0. The van der Waals surface area contributed by atoms with Gasteiger partial charge in [0.25, 0.3) is 11.8 Å². The average molecular weight is 425 g/mol. The molecule has 1 heterocycles. The number of nitrogens with zero attached hydrogens (tertiary/aromatic N) is 2. The molecule has 3 saturated carbocycles. The number of amides is 4. The molecule has 31 heavy (non-hydrogen) atoms. The number of rotatable bonds is 7. The Labute approximate surface area is 183 Å². The topological polar surface area (TPSA) is 81.8 Å². The molecule has 1 saturated heterocycles. The normalized spacial score (nSPS) is 28.3. The second kappa shape index (κ2) is 7.93. The first-order valence-corrected chi connectivity index (χ1v) is 11.7. The van der Waals surface area contributed by atoms with Crippen LogP contribution in [0.15, 0.2) is 24.3 Å². The SMILES string of the molecule is CC1CCCCC12NC(=O)N(CN(Cc1ccc(C(=O)NC3CC3)cc1)C1CC1)C2=O. The fourth-order valence-electron chi connectivity index (χ4n) is 5.03. The van der Waals surface area contributed by atoms with Crippen LogP contribution >= 0.6 is 0 Å². The minimum Gasteiger partial charge on any atom is -0.349 e. The number of nitrogens with one attached hydrogen (secondary N) is 2. The number of carbonyl (C=O) groups excluding carboxylic acids is 3. The second-order valence-electron chi connectivity index (χ2n) is 9.85. The molecule has 0 bridgehead atoms. The largest absolute Gasteiger partial charge is 0.349 e. The van der Waals surface area contributed by atoms with Gasteiger partial charge >= 0.3 is 6.03 Å². The van der Waals surface area contributed by atoms with Gasteiger partial charge in [-0.2, -0.15) is 0 Å². The highest BCUT2D eigenvalue weighted by Gasteiger charge is 2.55. The zero-order chi connectivity index (χ0) is 21.6. The van der Waals surface area contributed by atoms with Crippen molar-refractivity contribution in [3.8, 4) is 0 Å². The monoisotopic (exact) mass is 424 g/mol. The Kier molecular flexibility index (Phi) is 5.24. The minimum atomic E-state index is -0.707. The number of imide groups is 1. The maximum Gasteiger partial charge on any atom is 0.326 e. The van der Waals surface area contributed by atoms with Gasteiger partial charge in [0.15, 0.2) is 0 Å². The van der Waals surface area contributed by atoms with Gasteiger partial charge in [0.05, 0.1) is 6.67 Å². The van der Waals surface area contributed by atoms with Crippen LogP contribution in [0.5, 0.6) is 0 Å². The van der Waals surface area contributed by atoms with Crippen LogP contribution in [-0.4, -0.2) is 51.9 Å². The Hall–Kier alpha value is -2.41. The molecular weight excluding hydrogens is 392 g/mol. The lowest BCUT2D eigenvalue weighted by molar-refractivity contribution is -0.135. The van der Waals surface area contributed by atoms with Crippen molar-refractivity contribution >= 4 is 17.8 Å². The Balaban J connectivity index is 1.26. The molecule has 2 N–H and O–H groups in total. The highest BCUT2D eigenvalue weighted by molar-refractivity contribution is 6.07. The van der Waals surface area contributed by atoms with Crippen LogP contribution in [0.25, 0.3) is 0 Å². The zero-order valence-electron chi connectivity index (χ0n) is 18.2. The van der Waals surface area contributed by atoms with Crippen LogP contribution in [0.2, 0.25) is 0 Å². The fourth-order valence-corrected chi connectivity index (χ4v) is 5.03. The molecule has 7 heteroatoms. The zero-order valence-corrected chi connectivity index (χ0v) is 18.2. The van der Waals surface area contributed by atoms with E-state index in [0.29, 0.717) is 30.9 Å². The highest BCUT2D eigenvalue weighted by atomic mass is 16.2. The van der Waals surface area contributed by atoms with E-state index in [1.165, 1.54) is 4.90 Å². The second-order valence-corrected chi connectivity index (χ2v) is 9.85. The molecule has 1 aromatic carbocycles. The van der Waals surface area contributed by atoms with E-state index in [1.807, 2.05) is 24.3 Å². The number of hydrogen-bond donors (Lipinski definition) is 2. The lowest BCUT2D eigenvalue weighted by atomic mass is 9.73. The van der Waals surface area contributed by atoms with Gasteiger partial charge < -0.3 is 10.6 Å². The van der Waals surface area contributed by atoms with Crippen LogP contribution in [0.4, 0.5) is 4.79 Å². The summed E-state index contributed by atoms with van der Waals surface area (Å²) in [6.07, 6.45) is 8.15. The smallest absolute Gasteiger partial charge is 0.326 e. The summed E-state index contributed by atoms with van der Waals surface area (Å²) in [6, 6.07) is 8.18. The summed E-state index contributed by atoms with van der Waals surface area (Å²) in [4.78, 5) is 42.0. The highest BCUT2D eigenvalue weighted by Crippen LogP contribution is 2.39. The summed E-state index contributed by atoms with van der Waals surface area (Å²) in [5, 5.41) is 6.06. The van der Waals surface area contributed by atoms with E-state index in [0.717, 1.165) is 56.9 Å². The van der Waals surface area contributed by atoms with E-state index in [9.17, 15) is 14.4 Å². The molecule has 7 nitrogen and oxygen atoms in total. The molecule has 1 aromatic rings. The van der Waals surface area contributed by atoms with E-state index >= 15 is 0 Å². The van der Waals surface area contributed by atoms with Crippen molar-refractivity contribution in [1.82, 2.24) is 20.4 Å². The van der Waals surface area contributed by atoms with Crippen LogP contribution < -0.4 is 10.6 Å². The third-order valence-electron chi connectivity index (χ3n) is 7.40. The minimum absolute atomic E-state index is 0.0145. The van der Waals surface area contributed by atoms with Gasteiger partial charge in [-0.1, -0.05) is 31.9 Å². The van der Waals surface area contributed by atoms with Crippen LogP contribution in [0, 0.1) is 5.92 Å². The lowest BCUT2D eigenvalue weighted by Crippen LogP contribution is -2.54. The van der Waals surface area contributed by atoms with Crippen molar-refractivity contribution in [3.63, 3.8) is 0 Å². The van der Waals surface area contributed by atoms with Gasteiger partial charge in [0, 0.05) is 24.2 Å². The molecule has 2 unspecified atom stereocenters. The molecule has 166 valence electrons. The number of carbonyl (C=O) groups is 3. The quantitative estimate of drug-likeness (QED) is 0.660. The standard InChI is InChI=1S/C24H32N4O3/c1-16-4-2-3-13-24(16)22(30)28(23(31)26-24)15-27(20-11-12-20)14-17-5-7-18(8-6-17)21(29)25-19-9-10-19/h5-8,16,19-20H,2-4,9-15H2,1H3,(H,25,29)(H,26,31). The van der Waals surface area contributed by atoms with E-state index in [-0.39, 0.29) is 23.8 Å². The summed E-state index contributed by atoms with van der Waals surface area (Å²) in [5.74, 6) is 0.105. The maximum absolute atomic E-state index is 13.3. The van der Waals surface area contributed by atoms with Gasteiger partial charge in [-0.25, -0.2) is 9.69 Å². The first kappa shape index (κ1) is 20.5. The molecule has 2 atom stereocenters. The van der Waals surface area contributed by atoms with Gasteiger partial charge in [0.1, 0.15) is 5.54 Å². The van der Waals surface area contributed by atoms with E-state index in [1.54, 1.807) is 0 Å². The van der Waals surface area contributed by atoms with Crippen molar-refractivity contribution < 1.29 is 14.4 Å². The number of benzene rings is 1. The number of urea groups is 1. The van der Waals surface area contributed by atoms with Crippen molar-refractivity contribution in [2.45, 2.75) is 82.5 Å². The fraction of sp³-hybridized carbons (Fsp3) is 0.625. The summed E-state index contributed by atoms with van der Waals surface area (Å²) in [6.45, 7) is 3.07. The molecule has 4 aliphatic rings. The van der Waals surface area contributed by atoms with Gasteiger partial charge in [0.2, 0.25) is 0 Å². The van der Waals surface area contributed by atoms with Crippen molar-refractivity contribution in [2.75, 3.05) is 6.67 Å². The molecule has 4 amide bonds. The molecule has 5 rings (SSSR count). The van der Waals surface area contributed by atoms with Gasteiger partial charge in [-0.05, 0) is 62.1 Å². The molecule has 0 aromatic heterocycles. The first-order valence-electron chi connectivity index (χ1n) is 11.7. The van der Waals surface area contributed by atoms with E-state index < -0.39 is 5.54 Å².